The number of rotatable bonds is 4. The molecular formula is C41H44. The van der Waals surface area contributed by atoms with Crippen LogP contribution in [0.15, 0.2) is 103 Å². The van der Waals surface area contributed by atoms with Crippen molar-refractivity contribution >= 4 is 0 Å². The van der Waals surface area contributed by atoms with E-state index in [1.165, 1.54) is 61.2 Å². The van der Waals surface area contributed by atoms with Crippen LogP contribution in [0.2, 0.25) is 0 Å². The Bertz CT molecular complexity index is 1600. The third-order valence-corrected chi connectivity index (χ3v) is 9.44. The summed E-state index contributed by atoms with van der Waals surface area (Å²) in [6, 6.07) is 31.0. The van der Waals surface area contributed by atoms with Gasteiger partial charge in [0.15, 0.2) is 0 Å². The van der Waals surface area contributed by atoms with E-state index in [2.05, 4.69) is 159 Å². The second-order valence-electron chi connectivity index (χ2n) is 14.4. The van der Waals surface area contributed by atoms with Gasteiger partial charge in [-0.3, -0.25) is 0 Å². The molecule has 0 heteroatoms. The first kappa shape index (κ1) is 27.5. The Kier molecular flexibility index (Phi) is 6.53. The van der Waals surface area contributed by atoms with E-state index in [4.69, 9.17) is 0 Å². The molecule has 0 amide bonds. The van der Waals surface area contributed by atoms with E-state index in [1.54, 1.807) is 0 Å². The predicted molar refractivity (Wildman–Crippen MR) is 176 cm³/mol. The zero-order valence-electron chi connectivity index (χ0n) is 26.1. The topological polar surface area (TPSA) is 0 Å². The van der Waals surface area contributed by atoms with Crippen LogP contribution < -0.4 is 0 Å². The van der Waals surface area contributed by atoms with Crippen molar-refractivity contribution in [2.75, 3.05) is 0 Å². The molecule has 4 aromatic carbocycles. The zero-order chi connectivity index (χ0) is 29.2. The molecule has 0 atom stereocenters. The van der Waals surface area contributed by atoms with Gasteiger partial charge in [0.25, 0.3) is 0 Å². The number of aryl methyl sites for hydroxylation is 2. The van der Waals surface area contributed by atoms with E-state index < -0.39 is 0 Å². The van der Waals surface area contributed by atoms with Crippen LogP contribution in [-0.4, -0.2) is 0 Å². The van der Waals surface area contributed by atoms with Crippen molar-refractivity contribution in [2.24, 2.45) is 5.92 Å². The zero-order valence-corrected chi connectivity index (χ0v) is 26.1. The Labute approximate surface area is 247 Å². The van der Waals surface area contributed by atoms with Crippen LogP contribution in [0.25, 0.3) is 11.1 Å². The third-order valence-electron chi connectivity index (χ3n) is 9.44. The molecule has 2 aliphatic rings. The van der Waals surface area contributed by atoms with Gasteiger partial charge in [0, 0.05) is 5.92 Å². The molecule has 0 heterocycles. The van der Waals surface area contributed by atoms with E-state index in [0.717, 1.165) is 6.42 Å². The maximum Gasteiger partial charge on any atom is 0.0551 e. The van der Waals surface area contributed by atoms with Crippen molar-refractivity contribution in [2.45, 2.75) is 78.1 Å². The molecule has 0 fully saturated rings. The van der Waals surface area contributed by atoms with Crippen LogP contribution in [0.4, 0.5) is 0 Å². The average Bonchev–Trinajstić information content (AvgIpc) is 3.58. The molecule has 208 valence electrons. The SMILES string of the molecule is Cc1ccc(C(c2ccc(C)cc2)(c2cc(C(C)(C)C)cc3c2Cc2ccc(C(C)(C)C)cc2-3)C2C=CC=C2)cc1. The highest BCUT2D eigenvalue weighted by molar-refractivity contribution is 5.81. The molecule has 0 radical (unpaired) electrons. The molecule has 0 nitrogen and oxygen atoms in total. The van der Waals surface area contributed by atoms with Crippen LogP contribution in [0, 0.1) is 19.8 Å². The Balaban J connectivity index is 1.75. The van der Waals surface area contributed by atoms with Crippen LogP contribution >= 0.6 is 0 Å². The minimum atomic E-state index is -0.356. The average molecular weight is 537 g/mol. The highest BCUT2D eigenvalue weighted by atomic mass is 14.5. The summed E-state index contributed by atoms with van der Waals surface area (Å²) in [7, 11) is 0. The summed E-state index contributed by atoms with van der Waals surface area (Å²) in [6.45, 7) is 18.4. The van der Waals surface area contributed by atoms with Crippen molar-refractivity contribution in [3.05, 3.63) is 153 Å². The number of fused-ring (bicyclic) bond motifs is 3. The summed E-state index contributed by atoms with van der Waals surface area (Å²) >= 11 is 0. The van der Waals surface area contributed by atoms with Gasteiger partial charge >= 0.3 is 0 Å². The first-order chi connectivity index (χ1) is 19.4. The Hall–Kier alpha value is -3.64. The van der Waals surface area contributed by atoms with Gasteiger partial charge in [0.1, 0.15) is 0 Å². The minimum Gasteiger partial charge on any atom is -0.0761 e. The van der Waals surface area contributed by atoms with E-state index in [-0.39, 0.29) is 22.2 Å². The molecule has 0 bridgehead atoms. The summed E-state index contributed by atoms with van der Waals surface area (Å²) in [5, 5.41) is 0. The lowest BCUT2D eigenvalue weighted by molar-refractivity contribution is 0.519. The molecule has 0 aromatic heterocycles. The van der Waals surface area contributed by atoms with Gasteiger partial charge in [-0.2, -0.15) is 0 Å². The van der Waals surface area contributed by atoms with Crippen molar-refractivity contribution in [3.8, 4) is 11.1 Å². The lowest BCUT2D eigenvalue weighted by atomic mass is 9.60. The minimum absolute atomic E-state index is 0.0157. The lowest BCUT2D eigenvalue weighted by Crippen LogP contribution is -2.37. The first-order valence-corrected chi connectivity index (χ1v) is 15.2. The van der Waals surface area contributed by atoms with Crippen LogP contribution in [-0.2, 0) is 22.7 Å². The Morgan fingerprint density at radius 2 is 1.02 bits per heavy atom. The maximum atomic E-state index is 2.56. The molecule has 0 saturated carbocycles. The molecule has 2 aliphatic carbocycles. The molecule has 0 spiro atoms. The highest BCUT2D eigenvalue weighted by Crippen LogP contribution is 2.53. The van der Waals surface area contributed by atoms with Crippen LogP contribution in [0.5, 0.6) is 0 Å². The summed E-state index contributed by atoms with van der Waals surface area (Å²) < 4.78 is 0. The third kappa shape index (κ3) is 4.62. The first-order valence-electron chi connectivity index (χ1n) is 15.2. The van der Waals surface area contributed by atoms with E-state index in [9.17, 15) is 0 Å². The van der Waals surface area contributed by atoms with Crippen molar-refractivity contribution in [3.63, 3.8) is 0 Å². The summed E-state index contributed by atoms with van der Waals surface area (Å²) in [4.78, 5) is 0. The van der Waals surface area contributed by atoms with Crippen LogP contribution in [0.1, 0.15) is 91.6 Å². The molecule has 0 saturated heterocycles. The Morgan fingerprint density at radius 1 is 0.537 bits per heavy atom. The smallest absolute Gasteiger partial charge is 0.0551 e. The van der Waals surface area contributed by atoms with Gasteiger partial charge in [-0.25, -0.2) is 0 Å². The quantitative estimate of drug-likeness (QED) is 0.200. The van der Waals surface area contributed by atoms with Gasteiger partial charge in [-0.15, -0.1) is 0 Å². The normalized spacial score (nSPS) is 14.9. The lowest BCUT2D eigenvalue weighted by Gasteiger charge is -2.42. The molecule has 41 heavy (non-hydrogen) atoms. The second kappa shape index (κ2) is 9.73. The standard InChI is InChI=1S/C41H44/c1-27-13-18-31(19-14-27)41(30-11-9-10-12-30,32-20-15-28(2)16-21-32)38-26-34(40(6,7)8)25-36-35-24-33(39(3,4)5)22-17-29(35)23-37(36)38/h9-22,24-26,30H,23H2,1-8H3. The fourth-order valence-electron chi connectivity index (χ4n) is 6.92. The van der Waals surface area contributed by atoms with Gasteiger partial charge in [0.2, 0.25) is 0 Å². The number of allylic oxidation sites excluding steroid dienone is 4. The summed E-state index contributed by atoms with van der Waals surface area (Å²) in [5.41, 5.74) is 15.1. The van der Waals surface area contributed by atoms with Gasteiger partial charge in [0.05, 0.1) is 5.41 Å². The summed E-state index contributed by atoms with van der Waals surface area (Å²) in [5.74, 6) is 0.209. The van der Waals surface area contributed by atoms with Crippen LogP contribution in [0.3, 0.4) is 0 Å². The Morgan fingerprint density at radius 3 is 1.54 bits per heavy atom. The van der Waals surface area contributed by atoms with E-state index >= 15 is 0 Å². The fraction of sp³-hybridized carbons (Fsp3) is 0.317. The van der Waals surface area contributed by atoms with Crippen molar-refractivity contribution in [1.82, 2.24) is 0 Å². The fourth-order valence-corrected chi connectivity index (χ4v) is 6.92. The van der Waals surface area contributed by atoms with Gasteiger partial charge < -0.3 is 0 Å². The summed E-state index contributed by atoms with van der Waals surface area (Å²) in [6.07, 6.45) is 10.3. The number of hydrogen-bond donors (Lipinski definition) is 0. The molecule has 0 unspecified atom stereocenters. The van der Waals surface area contributed by atoms with E-state index in [1.807, 2.05) is 0 Å². The van der Waals surface area contributed by atoms with Crippen molar-refractivity contribution < 1.29 is 0 Å². The molecule has 4 aromatic rings. The maximum absolute atomic E-state index is 2.56. The van der Waals surface area contributed by atoms with Gasteiger partial charge in [-0.05, 0) is 81.2 Å². The molecule has 6 rings (SSSR count). The largest absolute Gasteiger partial charge is 0.0761 e. The van der Waals surface area contributed by atoms with E-state index in [0.29, 0.717) is 0 Å². The number of hydrogen-bond acceptors (Lipinski definition) is 0. The number of benzene rings is 4. The molecule has 0 aliphatic heterocycles. The molecule has 0 N–H and O–H groups in total. The monoisotopic (exact) mass is 536 g/mol. The highest BCUT2D eigenvalue weighted by Gasteiger charge is 2.45. The van der Waals surface area contributed by atoms with Crippen molar-refractivity contribution in [1.29, 1.82) is 0 Å². The predicted octanol–water partition coefficient (Wildman–Crippen LogP) is 10.5. The second-order valence-corrected chi connectivity index (χ2v) is 14.4. The molecular weight excluding hydrogens is 492 g/mol. The van der Waals surface area contributed by atoms with Gasteiger partial charge in [-0.1, -0.05) is 156 Å².